The predicted octanol–water partition coefficient (Wildman–Crippen LogP) is 3.86. The number of aryl methyl sites for hydroxylation is 1. The van der Waals surface area contributed by atoms with E-state index < -0.39 is 0 Å². The summed E-state index contributed by atoms with van der Waals surface area (Å²) in [6.45, 7) is 9.32. The summed E-state index contributed by atoms with van der Waals surface area (Å²) < 4.78 is 11.5. The Kier molecular flexibility index (Phi) is 6.50. The van der Waals surface area contributed by atoms with Crippen LogP contribution in [0.25, 0.3) is 0 Å². The fourth-order valence-electron chi connectivity index (χ4n) is 3.03. The van der Waals surface area contributed by atoms with Crippen LogP contribution in [0, 0.1) is 6.92 Å². The van der Waals surface area contributed by atoms with Gasteiger partial charge in [0.15, 0.2) is 0 Å². The van der Waals surface area contributed by atoms with Gasteiger partial charge in [0, 0.05) is 6.61 Å². The maximum atomic E-state index is 6.15. The van der Waals surface area contributed by atoms with Crippen molar-refractivity contribution in [2.75, 3.05) is 20.8 Å². The van der Waals surface area contributed by atoms with Gasteiger partial charge in [0.25, 0.3) is 0 Å². The Morgan fingerprint density at radius 2 is 1.85 bits per heavy atom. The Bertz CT molecular complexity index is 413. The summed E-state index contributed by atoms with van der Waals surface area (Å²) in [5.41, 5.74) is 2.35. The lowest BCUT2D eigenvalue weighted by atomic mass is 9.82. The van der Waals surface area contributed by atoms with E-state index in [0.717, 1.165) is 25.2 Å². The molecule has 0 bridgehead atoms. The monoisotopic (exact) mass is 279 g/mol. The molecule has 0 fully saturated rings. The van der Waals surface area contributed by atoms with Crippen LogP contribution in [0.5, 0.6) is 5.75 Å². The first-order valence-corrected chi connectivity index (χ1v) is 7.54. The fraction of sp³-hybridized carbons (Fsp3) is 0.647. The van der Waals surface area contributed by atoms with Crippen LogP contribution in [0.4, 0.5) is 0 Å². The molecule has 0 aliphatic rings. The summed E-state index contributed by atoms with van der Waals surface area (Å²) in [4.78, 5) is 0. The first kappa shape index (κ1) is 17.0. The number of methoxy groups -OCH3 is 1. The Morgan fingerprint density at radius 1 is 1.20 bits per heavy atom. The second kappa shape index (κ2) is 7.65. The van der Waals surface area contributed by atoms with E-state index in [1.54, 1.807) is 7.11 Å². The summed E-state index contributed by atoms with van der Waals surface area (Å²) in [6.07, 6.45) is 1.96. The highest BCUT2D eigenvalue weighted by Gasteiger charge is 2.37. The Labute approximate surface area is 123 Å². The molecular weight excluding hydrogens is 250 g/mol. The van der Waals surface area contributed by atoms with Crippen molar-refractivity contribution in [3.05, 3.63) is 29.3 Å². The SMILES string of the molecule is CCOC(CC)(CC)C(NC)c1ccc(OC)cc1C. The summed E-state index contributed by atoms with van der Waals surface area (Å²) in [6, 6.07) is 6.44. The number of hydrogen-bond acceptors (Lipinski definition) is 3. The number of likely N-dealkylation sites (N-methyl/N-ethyl adjacent to an activating group) is 1. The largest absolute Gasteiger partial charge is 0.497 e. The summed E-state index contributed by atoms with van der Waals surface area (Å²) in [5.74, 6) is 0.899. The first-order chi connectivity index (χ1) is 9.58. The minimum absolute atomic E-state index is 0.164. The van der Waals surface area contributed by atoms with E-state index in [2.05, 4.69) is 45.1 Å². The highest BCUT2D eigenvalue weighted by molar-refractivity contribution is 5.38. The van der Waals surface area contributed by atoms with Crippen molar-refractivity contribution in [1.82, 2.24) is 5.32 Å². The van der Waals surface area contributed by atoms with Crippen molar-refractivity contribution in [2.24, 2.45) is 0 Å². The second-order valence-corrected chi connectivity index (χ2v) is 5.15. The van der Waals surface area contributed by atoms with E-state index in [0.29, 0.717) is 0 Å². The normalized spacial score (nSPS) is 13.3. The summed E-state index contributed by atoms with van der Waals surface area (Å²) in [5, 5.41) is 3.46. The average molecular weight is 279 g/mol. The fourth-order valence-corrected chi connectivity index (χ4v) is 3.03. The van der Waals surface area contributed by atoms with Gasteiger partial charge in [0.2, 0.25) is 0 Å². The molecule has 1 N–H and O–H groups in total. The van der Waals surface area contributed by atoms with Crippen LogP contribution in [0.3, 0.4) is 0 Å². The van der Waals surface area contributed by atoms with Gasteiger partial charge >= 0.3 is 0 Å². The number of ether oxygens (including phenoxy) is 2. The quantitative estimate of drug-likeness (QED) is 0.784. The second-order valence-electron chi connectivity index (χ2n) is 5.15. The van der Waals surface area contributed by atoms with E-state index in [4.69, 9.17) is 9.47 Å². The van der Waals surface area contributed by atoms with Crippen molar-refractivity contribution >= 4 is 0 Å². The van der Waals surface area contributed by atoms with Crippen LogP contribution >= 0.6 is 0 Å². The molecule has 1 aromatic rings. The molecule has 1 atom stereocenters. The Balaban J connectivity index is 3.22. The first-order valence-electron chi connectivity index (χ1n) is 7.54. The maximum Gasteiger partial charge on any atom is 0.119 e. The minimum atomic E-state index is -0.164. The molecule has 0 aliphatic heterocycles. The molecule has 1 aromatic carbocycles. The Hall–Kier alpha value is -1.06. The van der Waals surface area contributed by atoms with Crippen LogP contribution in [-0.2, 0) is 4.74 Å². The number of hydrogen-bond donors (Lipinski definition) is 1. The molecule has 1 rings (SSSR count). The third-order valence-corrected chi connectivity index (χ3v) is 4.23. The topological polar surface area (TPSA) is 30.5 Å². The third-order valence-electron chi connectivity index (χ3n) is 4.23. The van der Waals surface area contributed by atoms with Crippen molar-refractivity contribution < 1.29 is 9.47 Å². The lowest BCUT2D eigenvalue weighted by Crippen LogP contribution is -2.44. The van der Waals surface area contributed by atoms with Crippen LogP contribution in [0.1, 0.15) is 50.8 Å². The van der Waals surface area contributed by atoms with Gasteiger partial charge in [-0.05, 0) is 57.0 Å². The maximum absolute atomic E-state index is 6.15. The van der Waals surface area contributed by atoms with Crippen molar-refractivity contribution in [3.63, 3.8) is 0 Å². The van der Waals surface area contributed by atoms with Crippen molar-refractivity contribution in [2.45, 2.75) is 52.2 Å². The molecule has 0 amide bonds. The smallest absolute Gasteiger partial charge is 0.119 e. The standard InChI is InChI=1S/C17H29NO2/c1-7-17(8-2,20-9-3)16(18-5)15-11-10-14(19-6)12-13(15)4/h10-12,16,18H,7-9H2,1-6H3. The molecule has 0 radical (unpaired) electrons. The molecule has 0 heterocycles. The van der Waals surface area contributed by atoms with Crippen LogP contribution in [-0.4, -0.2) is 26.4 Å². The molecule has 20 heavy (non-hydrogen) atoms. The van der Waals surface area contributed by atoms with E-state index >= 15 is 0 Å². The van der Waals surface area contributed by atoms with Gasteiger partial charge < -0.3 is 14.8 Å². The van der Waals surface area contributed by atoms with Gasteiger partial charge in [-0.25, -0.2) is 0 Å². The summed E-state index contributed by atoms with van der Waals surface area (Å²) >= 11 is 0. The Morgan fingerprint density at radius 3 is 2.25 bits per heavy atom. The summed E-state index contributed by atoms with van der Waals surface area (Å²) in [7, 11) is 3.71. The highest BCUT2D eigenvalue weighted by atomic mass is 16.5. The average Bonchev–Trinajstić information content (AvgIpc) is 2.48. The lowest BCUT2D eigenvalue weighted by Gasteiger charge is -2.40. The third kappa shape index (κ3) is 3.33. The lowest BCUT2D eigenvalue weighted by molar-refractivity contribution is -0.0719. The molecule has 0 spiro atoms. The van der Waals surface area contributed by atoms with Crippen molar-refractivity contribution in [1.29, 1.82) is 0 Å². The van der Waals surface area contributed by atoms with E-state index in [1.807, 2.05) is 13.1 Å². The predicted molar refractivity (Wildman–Crippen MR) is 84.5 cm³/mol. The van der Waals surface area contributed by atoms with Crippen LogP contribution in [0.2, 0.25) is 0 Å². The molecule has 3 heteroatoms. The molecule has 0 aromatic heterocycles. The molecule has 3 nitrogen and oxygen atoms in total. The molecular formula is C17H29NO2. The van der Waals surface area contributed by atoms with Gasteiger partial charge in [-0.15, -0.1) is 0 Å². The number of benzene rings is 1. The molecule has 0 saturated carbocycles. The molecule has 1 unspecified atom stereocenters. The van der Waals surface area contributed by atoms with Gasteiger partial charge in [-0.2, -0.15) is 0 Å². The van der Waals surface area contributed by atoms with Gasteiger partial charge in [0.1, 0.15) is 5.75 Å². The molecule has 0 aliphatic carbocycles. The highest BCUT2D eigenvalue weighted by Crippen LogP contribution is 2.37. The van der Waals surface area contributed by atoms with E-state index in [9.17, 15) is 0 Å². The van der Waals surface area contributed by atoms with Crippen LogP contribution in [0.15, 0.2) is 18.2 Å². The zero-order valence-corrected chi connectivity index (χ0v) is 13.7. The minimum Gasteiger partial charge on any atom is -0.497 e. The van der Waals surface area contributed by atoms with Gasteiger partial charge in [0.05, 0.1) is 18.8 Å². The van der Waals surface area contributed by atoms with Crippen LogP contribution < -0.4 is 10.1 Å². The van der Waals surface area contributed by atoms with E-state index in [-0.39, 0.29) is 11.6 Å². The zero-order chi connectivity index (χ0) is 15.2. The molecule has 114 valence electrons. The van der Waals surface area contributed by atoms with Crippen molar-refractivity contribution in [3.8, 4) is 5.75 Å². The van der Waals surface area contributed by atoms with Gasteiger partial charge in [-0.3, -0.25) is 0 Å². The number of rotatable bonds is 8. The molecule has 0 saturated heterocycles. The van der Waals surface area contributed by atoms with Gasteiger partial charge in [-0.1, -0.05) is 19.9 Å². The number of nitrogens with one attached hydrogen (secondary N) is 1. The zero-order valence-electron chi connectivity index (χ0n) is 13.7. The van der Waals surface area contributed by atoms with E-state index in [1.165, 1.54) is 11.1 Å².